The molecule has 0 atom stereocenters. The van der Waals surface area contributed by atoms with Crippen LogP contribution in [0, 0.1) is 0 Å². The molecule has 0 saturated heterocycles. The molecular formula is C26H30ClNO3. The number of benzene rings is 3. The molecule has 31 heavy (non-hydrogen) atoms. The van der Waals surface area contributed by atoms with Gasteiger partial charge in [-0.2, -0.15) is 0 Å². The summed E-state index contributed by atoms with van der Waals surface area (Å²) in [4.78, 5) is 0. The highest BCUT2D eigenvalue weighted by molar-refractivity contribution is 5.99. The Balaban J connectivity index is 0.00000408. The summed E-state index contributed by atoms with van der Waals surface area (Å²) in [5, 5.41) is 12.5. The maximum atomic E-state index is 10.1. The molecule has 3 aromatic carbocycles. The first-order chi connectivity index (χ1) is 15.8. The van der Waals surface area contributed by atoms with Gasteiger partial charge in [-0.15, -0.1) is 12.4 Å². The number of allylic oxidation sites excluding steroid dienone is 1. The molecule has 0 aliphatic rings. The fourth-order valence-corrected chi connectivity index (χ4v) is 3.45. The van der Waals surface area contributed by atoms with Gasteiger partial charge in [-0.05, 0) is 65.5 Å². The normalized spacial score (nSPS) is 13.2. The molecule has 4 nitrogen and oxygen atoms in total. The molecule has 0 amide bonds. The van der Waals surface area contributed by atoms with Crippen molar-refractivity contribution in [1.82, 2.24) is 5.32 Å². The second-order valence-electron chi connectivity index (χ2n) is 6.76. The Morgan fingerprint density at radius 2 is 1.68 bits per heavy atom. The lowest BCUT2D eigenvalue weighted by Crippen LogP contribution is -2.15. The summed E-state index contributed by atoms with van der Waals surface area (Å²) in [7, 11) is 1.54. The van der Waals surface area contributed by atoms with Gasteiger partial charge in [0.1, 0.15) is 12.4 Å². The Hall–Kier alpha value is -2.95. The van der Waals surface area contributed by atoms with E-state index in [4.69, 9.17) is 13.6 Å². The van der Waals surface area contributed by atoms with Crippen LogP contribution in [0.5, 0.6) is 17.2 Å². The molecule has 0 radical (unpaired) electrons. The van der Waals surface area contributed by atoms with E-state index in [2.05, 4.69) is 24.4 Å². The van der Waals surface area contributed by atoms with Crippen LogP contribution in [0.3, 0.4) is 0 Å². The molecule has 0 bridgehead atoms. The fraction of sp³-hybridized carbons (Fsp3) is 0.231. The molecule has 0 fully saturated rings. The summed E-state index contributed by atoms with van der Waals surface area (Å²) in [6.45, 7) is 0.423. The van der Waals surface area contributed by atoms with Gasteiger partial charge in [0.05, 0.1) is 7.11 Å². The van der Waals surface area contributed by atoms with Gasteiger partial charge in [0.15, 0.2) is 11.5 Å². The van der Waals surface area contributed by atoms with Crippen molar-refractivity contribution in [3.63, 3.8) is 0 Å². The van der Waals surface area contributed by atoms with E-state index in [1.165, 1.54) is 12.7 Å². The lowest BCUT2D eigenvalue weighted by atomic mass is 9.88. The summed E-state index contributed by atoms with van der Waals surface area (Å²) in [5.41, 5.74) is 5.26. The molecule has 0 spiro atoms. The van der Waals surface area contributed by atoms with E-state index in [-0.39, 0.29) is 31.3 Å². The Kier molecular flexibility index (Phi) is 7.76. The number of likely N-dealkylation sites (N-methyl/N-ethyl adjacent to an activating group) is 1. The number of hydrogen-bond acceptors (Lipinski definition) is 4. The van der Waals surface area contributed by atoms with E-state index in [0.717, 1.165) is 28.7 Å². The van der Waals surface area contributed by atoms with E-state index in [1.807, 2.05) is 54.6 Å². The van der Waals surface area contributed by atoms with Gasteiger partial charge in [-0.1, -0.05) is 55.5 Å². The number of phenols is 1. The number of methoxy groups -OCH3 is 1. The molecule has 3 aromatic rings. The molecule has 0 aliphatic heterocycles. The Morgan fingerprint density at radius 3 is 2.32 bits per heavy atom. The quantitative estimate of drug-likeness (QED) is 0.325. The average molecular weight is 443 g/mol. The van der Waals surface area contributed by atoms with Crippen LogP contribution in [0.15, 0.2) is 72.8 Å². The molecule has 5 heteroatoms. The van der Waals surface area contributed by atoms with Gasteiger partial charge >= 0.3 is 0 Å². The van der Waals surface area contributed by atoms with Crippen LogP contribution in [0.4, 0.5) is 0 Å². The molecule has 0 unspecified atom stereocenters. The number of aromatic hydroxyl groups is 1. The Labute approximate surface area is 195 Å². The van der Waals surface area contributed by atoms with Crippen LogP contribution in [0.25, 0.3) is 11.1 Å². The number of ether oxygens (including phenoxy) is 2. The van der Waals surface area contributed by atoms with Gasteiger partial charge < -0.3 is 19.9 Å². The minimum Gasteiger partial charge on any atom is -0.504 e. The standard InChI is InChI=1S/C26H29NO3.ClH/c1-4-23(19-8-6-5-7-9-19)26(21-12-15-24(28)25(18-21)29-3)20-10-13-22(14-11-20)30-17-16-27-2;/h5-15,18,27-28H,4,16-17H2,1-3H3;1H/b26-23+;/i2D3;. The van der Waals surface area contributed by atoms with Crippen molar-refractivity contribution >= 4 is 23.6 Å². The van der Waals surface area contributed by atoms with Crippen LogP contribution in [0.2, 0.25) is 0 Å². The van der Waals surface area contributed by atoms with Crippen LogP contribution in [0.1, 0.15) is 34.1 Å². The van der Waals surface area contributed by atoms with Crippen LogP contribution in [-0.2, 0) is 0 Å². The molecule has 3 rings (SSSR count). The first-order valence-electron chi connectivity index (χ1n) is 11.5. The van der Waals surface area contributed by atoms with Crippen molar-refractivity contribution in [1.29, 1.82) is 0 Å². The summed E-state index contributed by atoms with van der Waals surface area (Å²) in [6, 6.07) is 23.3. The third-order valence-corrected chi connectivity index (χ3v) is 4.88. The molecule has 0 saturated carbocycles. The summed E-state index contributed by atoms with van der Waals surface area (Å²) in [5.74, 6) is 1.16. The predicted octanol–water partition coefficient (Wildman–Crippen LogP) is 5.79. The number of hydrogen-bond donors (Lipinski definition) is 2. The maximum absolute atomic E-state index is 10.1. The van der Waals surface area contributed by atoms with Gasteiger partial charge in [0, 0.05) is 10.7 Å². The second-order valence-corrected chi connectivity index (χ2v) is 6.76. The van der Waals surface area contributed by atoms with Crippen LogP contribution >= 0.6 is 12.4 Å². The molecule has 2 N–H and O–H groups in total. The summed E-state index contributed by atoms with van der Waals surface area (Å²) in [6.07, 6.45) is 0.807. The maximum Gasteiger partial charge on any atom is 0.161 e. The van der Waals surface area contributed by atoms with Crippen molar-refractivity contribution in [3.05, 3.63) is 89.5 Å². The third-order valence-electron chi connectivity index (χ3n) is 4.88. The minimum atomic E-state index is -2.17. The van der Waals surface area contributed by atoms with Gasteiger partial charge in [0.2, 0.25) is 0 Å². The molecule has 164 valence electrons. The SMILES string of the molecule is Cl.[2H]C([2H])([2H])NCCOc1ccc(/C(=C(/CC)c2ccccc2)c2ccc(O)c(OC)c2)cc1. The van der Waals surface area contributed by atoms with Crippen molar-refractivity contribution in [2.24, 2.45) is 0 Å². The third kappa shape index (κ3) is 6.03. The number of phenolic OH excluding ortho intramolecular Hbond substituents is 1. The van der Waals surface area contributed by atoms with Gasteiger partial charge in [0.25, 0.3) is 0 Å². The summed E-state index contributed by atoms with van der Waals surface area (Å²) < 4.78 is 32.6. The Morgan fingerprint density at radius 1 is 0.968 bits per heavy atom. The molecule has 0 aliphatic carbocycles. The first-order valence-corrected chi connectivity index (χ1v) is 9.96. The summed E-state index contributed by atoms with van der Waals surface area (Å²) >= 11 is 0. The zero-order valence-corrected chi connectivity index (χ0v) is 18.5. The monoisotopic (exact) mass is 442 g/mol. The van der Waals surface area contributed by atoms with Crippen molar-refractivity contribution in [2.45, 2.75) is 13.3 Å². The van der Waals surface area contributed by atoms with E-state index in [9.17, 15) is 5.11 Å². The average Bonchev–Trinajstić information content (AvgIpc) is 2.81. The van der Waals surface area contributed by atoms with Crippen LogP contribution < -0.4 is 14.8 Å². The number of rotatable bonds is 9. The zero-order valence-electron chi connectivity index (χ0n) is 20.7. The molecule has 0 heterocycles. The highest BCUT2D eigenvalue weighted by Gasteiger charge is 2.15. The predicted molar refractivity (Wildman–Crippen MR) is 130 cm³/mol. The number of halogens is 1. The number of nitrogens with one attached hydrogen (secondary N) is 1. The van der Waals surface area contributed by atoms with Crippen molar-refractivity contribution in [2.75, 3.05) is 27.2 Å². The Bertz CT molecular complexity index is 1080. The second kappa shape index (κ2) is 12.0. The first kappa shape index (κ1) is 20.0. The minimum absolute atomic E-state index is 0. The lowest BCUT2D eigenvalue weighted by molar-refractivity contribution is 0.318. The van der Waals surface area contributed by atoms with E-state index >= 15 is 0 Å². The van der Waals surface area contributed by atoms with Crippen molar-refractivity contribution in [3.8, 4) is 17.2 Å². The fourth-order valence-electron chi connectivity index (χ4n) is 3.45. The van der Waals surface area contributed by atoms with Gasteiger partial charge in [-0.25, -0.2) is 0 Å². The largest absolute Gasteiger partial charge is 0.504 e. The van der Waals surface area contributed by atoms with Crippen molar-refractivity contribution < 1.29 is 18.7 Å². The lowest BCUT2D eigenvalue weighted by Gasteiger charge is -2.18. The van der Waals surface area contributed by atoms with E-state index < -0.39 is 6.98 Å². The smallest absolute Gasteiger partial charge is 0.161 e. The van der Waals surface area contributed by atoms with Crippen LogP contribution in [-0.4, -0.2) is 32.3 Å². The zero-order chi connectivity index (χ0) is 23.8. The van der Waals surface area contributed by atoms with E-state index in [1.54, 1.807) is 6.07 Å². The molecule has 0 aromatic heterocycles. The molecular weight excluding hydrogens is 410 g/mol. The highest BCUT2D eigenvalue weighted by atomic mass is 35.5. The topological polar surface area (TPSA) is 50.7 Å². The van der Waals surface area contributed by atoms with E-state index in [0.29, 0.717) is 11.5 Å². The highest BCUT2D eigenvalue weighted by Crippen LogP contribution is 2.38. The van der Waals surface area contributed by atoms with Gasteiger partial charge in [-0.3, -0.25) is 0 Å².